The van der Waals surface area contributed by atoms with Gasteiger partial charge in [0.15, 0.2) is 0 Å². The average Bonchev–Trinajstić information content (AvgIpc) is 3.20. The fourth-order valence-electron chi connectivity index (χ4n) is 3.80. The molecule has 0 bridgehead atoms. The standard InChI is InChI=1S/C18H21ClN4O.ClH/c19-16-2-1-3-17(8-16)23-12-15(11-21-23)18(24)22-6-4-13-9-20-10-14(13)5-7-22;/h1-3,8,11-14,20H,4-7,9-10H2;1H/t13-,14+;. The molecule has 0 unspecified atom stereocenters. The number of benzene rings is 1. The molecule has 1 aromatic carbocycles. The molecule has 1 amide bonds. The smallest absolute Gasteiger partial charge is 0.257 e. The molecule has 7 heteroatoms. The summed E-state index contributed by atoms with van der Waals surface area (Å²) in [5, 5.41) is 8.45. The number of rotatable bonds is 2. The summed E-state index contributed by atoms with van der Waals surface area (Å²) in [6, 6.07) is 7.46. The lowest BCUT2D eigenvalue weighted by Crippen LogP contribution is -2.32. The van der Waals surface area contributed by atoms with Crippen molar-refractivity contribution >= 4 is 29.9 Å². The topological polar surface area (TPSA) is 50.2 Å². The van der Waals surface area contributed by atoms with Crippen LogP contribution in [0.25, 0.3) is 5.69 Å². The van der Waals surface area contributed by atoms with Gasteiger partial charge in [0.25, 0.3) is 5.91 Å². The van der Waals surface area contributed by atoms with E-state index in [1.165, 1.54) is 0 Å². The summed E-state index contributed by atoms with van der Waals surface area (Å²) in [7, 11) is 0. The molecule has 0 radical (unpaired) electrons. The van der Waals surface area contributed by atoms with Crippen LogP contribution in [-0.2, 0) is 0 Å². The first kappa shape index (κ1) is 18.2. The number of hydrogen-bond acceptors (Lipinski definition) is 3. The number of likely N-dealkylation sites (tertiary alicyclic amines) is 1. The molecule has 1 N–H and O–H groups in total. The van der Waals surface area contributed by atoms with E-state index < -0.39 is 0 Å². The summed E-state index contributed by atoms with van der Waals surface area (Å²) in [5.41, 5.74) is 1.50. The number of nitrogens with zero attached hydrogens (tertiary/aromatic N) is 3. The van der Waals surface area contributed by atoms with Crippen LogP contribution in [0.2, 0.25) is 5.02 Å². The number of carbonyl (C=O) groups is 1. The number of aromatic nitrogens is 2. The van der Waals surface area contributed by atoms with Crippen LogP contribution in [0.15, 0.2) is 36.7 Å². The molecule has 2 atom stereocenters. The van der Waals surface area contributed by atoms with Crippen LogP contribution < -0.4 is 5.32 Å². The fraction of sp³-hybridized carbons (Fsp3) is 0.444. The maximum Gasteiger partial charge on any atom is 0.257 e. The molecule has 2 saturated heterocycles. The Hall–Kier alpha value is -1.56. The zero-order valence-corrected chi connectivity index (χ0v) is 15.5. The lowest BCUT2D eigenvalue weighted by Gasteiger charge is -2.20. The molecule has 0 spiro atoms. The lowest BCUT2D eigenvalue weighted by atomic mass is 9.92. The van der Waals surface area contributed by atoms with Crippen LogP contribution in [-0.4, -0.2) is 46.8 Å². The molecule has 2 fully saturated rings. The van der Waals surface area contributed by atoms with Crippen molar-refractivity contribution in [1.82, 2.24) is 20.0 Å². The highest BCUT2D eigenvalue weighted by Gasteiger charge is 2.31. The second-order valence-electron chi connectivity index (χ2n) is 6.70. The van der Waals surface area contributed by atoms with Gasteiger partial charge < -0.3 is 10.2 Å². The summed E-state index contributed by atoms with van der Waals surface area (Å²) in [6.07, 6.45) is 5.62. The molecule has 25 heavy (non-hydrogen) atoms. The minimum Gasteiger partial charge on any atom is -0.339 e. The Morgan fingerprint density at radius 3 is 2.60 bits per heavy atom. The van der Waals surface area contributed by atoms with Gasteiger partial charge in [-0.05, 0) is 56.0 Å². The molecular formula is C18H22Cl2N4O. The van der Waals surface area contributed by atoms with Gasteiger partial charge in [0.2, 0.25) is 0 Å². The zero-order valence-electron chi connectivity index (χ0n) is 13.9. The van der Waals surface area contributed by atoms with E-state index in [9.17, 15) is 4.79 Å². The summed E-state index contributed by atoms with van der Waals surface area (Å²) < 4.78 is 1.70. The largest absolute Gasteiger partial charge is 0.339 e. The van der Waals surface area contributed by atoms with E-state index in [2.05, 4.69) is 10.4 Å². The number of nitrogens with one attached hydrogen (secondary N) is 1. The molecule has 0 aliphatic carbocycles. The molecule has 2 aliphatic heterocycles. The van der Waals surface area contributed by atoms with Crippen LogP contribution >= 0.6 is 24.0 Å². The van der Waals surface area contributed by atoms with Gasteiger partial charge in [0.1, 0.15) is 0 Å². The number of fused-ring (bicyclic) bond motifs is 1. The van der Waals surface area contributed by atoms with E-state index >= 15 is 0 Å². The number of amides is 1. The quantitative estimate of drug-likeness (QED) is 0.870. The normalized spacial score (nSPS) is 22.8. The Bertz CT molecular complexity index is 734. The van der Waals surface area contributed by atoms with Gasteiger partial charge in [0, 0.05) is 24.3 Å². The molecular weight excluding hydrogens is 359 g/mol. The average molecular weight is 381 g/mol. The summed E-state index contributed by atoms with van der Waals surface area (Å²) in [5.74, 6) is 1.52. The van der Waals surface area contributed by atoms with Gasteiger partial charge in [-0.25, -0.2) is 4.68 Å². The molecule has 4 rings (SSSR count). The predicted octanol–water partition coefficient (Wildman–Crippen LogP) is 3.02. The molecule has 134 valence electrons. The monoisotopic (exact) mass is 380 g/mol. The van der Waals surface area contributed by atoms with Gasteiger partial charge >= 0.3 is 0 Å². The first-order valence-electron chi connectivity index (χ1n) is 8.51. The Balaban J connectivity index is 0.00000182. The van der Waals surface area contributed by atoms with E-state index in [1.807, 2.05) is 29.2 Å². The van der Waals surface area contributed by atoms with E-state index in [4.69, 9.17) is 11.6 Å². The highest BCUT2D eigenvalue weighted by atomic mass is 35.5. The second kappa shape index (κ2) is 7.77. The van der Waals surface area contributed by atoms with Crippen molar-refractivity contribution in [2.24, 2.45) is 11.8 Å². The second-order valence-corrected chi connectivity index (χ2v) is 7.14. The van der Waals surface area contributed by atoms with E-state index in [0.717, 1.165) is 56.5 Å². The van der Waals surface area contributed by atoms with Crippen molar-refractivity contribution in [2.45, 2.75) is 12.8 Å². The van der Waals surface area contributed by atoms with Gasteiger partial charge in [0.05, 0.1) is 17.4 Å². The minimum absolute atomic E-state index is 0. The highest BCUT2D eigenvalue weighted by molar-refractivity contribution is 6.30. The van der Waals surface area contributed by atoms with Crippen LogP contribution in [0, 0.1) is 11.8 Å². The summed E-state index contributed by atoms with van der Waals surface area (Å²) >= 11 is 6.03. The van der Waals surface area contributed by atoms with Gasteiger partial charge in [-0.15, -0.1) is 12.4 Å². The first-order valence-corrected chi connectivity index (χ1v) is 8.89. The van der Waals surface area contributed by atoms with Crippen LogP contribution in [0.4, 0.5) is 0 Å². The van der Waals surface area contributed by atoms with Gasteiger partial charge in [-0.1, -0.05) is 17.7 Å². The maximum absolute atomic E-state index is 12.8. The van der Waals surface area contributed by atoms with E-state index in [1.54, 1.807) is 17.1 Å². The molecule has 3 heterocycles. The van der Waals surface area contributed by atoms with Crippen molar-refractivity contribution in [3.8, 4) is 5.69 Å². The van der Waals surface area contributed by atoms with Gasteiger partial charge in [-0.2, -0.15) is 5.10 Å². The van der Waals surface area contributed by atoms with Crippen LogP contribution in [0.3, 0.4) is 0 Å². The van der Waals surface area contributed by atoms with Crippen LogP contribution in [0.5, 0.6) is 0 Å². The summed E-state index contributed by atoms with van der Waals surface area (Å²) in [4.78, 5) is 14.8. The number of carbonyl (C=O) groups excluding carboxylic acids is 1. The third-order valence-corrected chi connectivity index (χ3v) is 5.44. The van der Waals surface area contributed by atoms with Crippen molar-refractivity contribution < 1.29 is 4.79 Å². The molecule has 2 aromatic rings. The van der Waals surface area contributed by atoms with E-state index in [0.29, 0.717) is 10.6 Å². The maximum atomic E-state index is 12.8. The predicted molar refractivity (Wildman–Crippen MR) is 101 cm³/mol. The van der Waals surface area contributed by atoms with Crippen molar-refractivity contribution in [2.75, 3.05) is 26.2 Å². The first-order chi connectivity index (χ1) is 11.7. The molecule has 1 aromatic heterocycles. The SMILES string of the molecule is Cl.O=C(c1cnn(-c2cccc(Cl)c2)c1)N1CC[C@@H]2CNC[C@@H]2CC1. The zero-order chi connectivity index (χ0) is 16.5. The molecule has 5 nitrogen and oxygen atoms in total. The fourth-order valence-corrected chi connectivity index (χ4v) is 3.98. The Labute approximate surface area is 158 Å². The lowest BCUT2D eigenvalue weighted by molar-refractivity contribution is 0.0758. The van der Waals surface area contributed by atoms with Crippen molar-refractivity contribution in [3.63, 3.8) is 0 Å². The third kappa shape index (κ3) is 3.84. The molecule has 0 saturated carbocycles. The third-order valence-electron chi connectivity index (χ3n) is 5.21. The highest BCUT2D eigenvalue weighted by Crippen LogP contribution is 2.27. The summed E-state index contributed by atoms with van der Waals surface area (Å²) in [6.45, 7) is 3.87. The Morgan fingerprint density at radius 1 is 1.20 bits per heavy atom. The number of hydrogen-bond donors (Lipinski definition) is 1. The van der Waals surface area contributed by atoms with Crippen LogP contribution in [0.1, 0.15) is 23.2 Å². The van der Waals surface area contributed by atoms with Crippen molar-refractivity contribution in [3.05, 3.63) is 47.2 Å². The number of halogens is 2. The van der Waals surface area contributed by atoms with E-state index in [-0.39, 0.29) is 18.3 Å². The minimum atomic E-state index is 0. The van der Waals surface area contributed by atoms with Gasteiger partial charge in [-0.3, -0.25) is 4.79 Å². The Kier molecular flexibility index (Phi) is 5.67. The molecule has 2 aliphatic rings. The van der Waals surface area contributed by atoms with Crippen molar-refractivity contribution in [1.29, 1.82) is 0 Å². The Morgan fingerprint density at radius 2 is 1.92 bits per heavy atom.